The number of aromatic nitrogens is 2. The quantitative estimate of drug-likeness (QED) is 0.693. The van der Waals surface area contributed by atoms with Crippen LogP contribution in [0.3, 0.4) is 0 Å². The third-order valence-electron chi connectivity index (χ3n) is 2.76. The molecule has 0 amide bonds. The van der Waals surface area contributed by atoms with Crippen molar-refractivity contribution in [1.29, 1.82) is 0 Å². The predicted molar refractivity (Wildman–Crippen MR) is 53.8 cm³/mol. The van der Waals surface area contributed by atoms with Gasteiger partial charge in [0.25, 0.3) is 0 Å². The van der Waals surface area contributed by atoms with E-state index >= 15 is 0 Å². The lowest BCUT2D eigenvalue weighted by atomic mass is 10.2. The van der Waals surface area contributed by atoms with Crippen LogP contribution in [-0.4, -0.2) is 9.78 Å². The molecule has 1 aliphatic rings. The second-order valence-electron chi connectivity index (χ2n) is 4.06. The van der Waals surface area contributed by atoms with Gasteiger partial charge in [0.1, 0.15) is 0 Å². The number of hydrogen-bond acceptors (Lipinski definition) is 1. The van der Waals surface area contributed by atoms with Crippen LogP contribution in [0.2, 0.25) is 0 Å². The third kappa shape index (κ3) is 1.77. The summed E-state index contributed by atoms with van der Waals surface area (Å²) in [6, 6.07) is 0. The monoisotopic (exact) mass is 178 g/mol. The highest BCUT2D eigenvalue weighted by Crippen LogP contribution is 2.41. The van der Waals surface area contributed by atoms with E-state index in [-0.39, 0.29) is 0 Å². The van der Waals surface area contributed by atoms with Gasteiger partial charge in [-0.2, -0.15) is 5.10 Å². The molecule has 1 aromatic rings. The fraction of sp³-hybridized carbons (Fsp3) is 0.727. The first-order valence-corrected chi connectivity index (χ1v) is 5.35. The SMILES string of the molecule is CCCCn1ncc(C)c1C1CC1. The van der Waals surface area contributed by atoms with E-state index in [9.17, 15) is 0 Å². The van der Waals surface area contributed by atoms with Crippen molar-refractivity contribution >= 4 is 0 Å². The van der Waals surface area contributed by atoms with Crippen molar-refractivity contribution in [2.45, 2.75) is 52.0 Å². The summed E-state index contributed by atoms with van der Waals surface area (Å²) < 4.78 is 2.22. The maximum absolute atomic E-state index is 4.43. The Morgan fingerprint density at radius 3 is 2.92 bits per heavy atom. The first-order chi connectivity index (χ1) is 6.33. The van der Waals surface area contributed by atoms with Crippen molar-refractivity contribution in [3.05, 3.63) is 17.5 Å². The molecule has 0 aliphatic heterocycles. The molecular weight excluding hydrogens is 160 g/mol. The molecule has 1 heterocycles. The molecule has 0 N–H and O–H groups in total. The summed E-state index contributed by atoms with van der Waals surface area (Å²) in [4.78, 5) is 0. The zero-order chi connectivity index (χ0) is 9.26. The zero-order valence-corrected chi connectivity index (χ0v) is 8.58. The molecular formula is C11H18N2. The molecule has 0 spiro atoms. The zero-order valence-electron chi connectivity index (χ0n) is 8.58. The van der Waals surface area contributed by atoms with E-state index in [0.717, 1.165) is 12.5 Å². The lowest BCUT2D eigenvalue weighted by Gasteiger charge is -2.06. The summed E-state index contributed by atoms with van der Waals surface area (Å²) >= 11 is 0. The Morgan fingerprint density at radius 2 is 2.31 bits per heavy atom. The molecule has 0 saturated heterocycles. The molecule has 0 atom stereocenters. The van der Waals surface area contributed by atoms with Gasteiger partial charge >= 0.3 is 0 Å². The molecule has 0 bridgehead atoms. The minimum atomic E-state index is 0.833. The van der Waals surface area contributed by atoms with Crippen LogP contribution in [0.5, 0.6) is 0 Å². The fourth-order valence-electron chi connectivity index (χ4n) is 1.86. The Balaban J connectivity index is 2.13. The minimum absolute atomic E-state index is 0.833. The molecule has 0 aromatic carbocycles. The van der Waals surface area contributed by atoms with E-state index in [0.29, 0.717) is 0 Å². The van der Waals surface area contributed by atoms with E-state index in [4.69, 9.17) is 0 Å². The Morgan fingerprint density at radius 1 is 1.54 bits per heavy atom. The maximum atomic E-state index is 4.43. The van der Waals surface area contributed by atoms with Crippen LogP contribution in [0, 0.1) is 6.92 Å². The van der Waals surface area contributed by atoms with E-state index in [1.165, 1.54) is 36.9 Å². The third-order valence-corrected chi connectivity index (χ3v) is 2.76. The Labute approximate surface area is 80.0 Å². The summed E-state index contributed by atoms with van der Waals surface area (Å²) in [6.07, 6.45) is 7.27. The van der Waals surface area contributed by atoms with Crippen molar-refractivity contribution < 1.29 is 0 Å². The van der Waals surface area contributed by atoms with Crippen molar-refractivity contribution in [2.75, 3.05) is 0 Å². The van der Waals surface area contributed by atoms with Crippen molar-refractivity contribution in [3.8, 4) is 0 Å². The normalized spacial score (nSPS) is 16.5. The van der Waals surface area contributed by atoms with Gasteiger partial charge in [-0.15, -0.1) is 0 Å². The van der Waals surface area contributed by atoms with Gasteiger partial charge in [-0.25, -0.2) is 0 Å². The lowest BCUT2D eigenvalue weighted by molar-refractivity contribution is 0.548. The van der Waals surface area contributed by atoms with E-state index < -0.39 is 0 Å². The highest BCUT2D eigenvalue weighted by atomic mass is 15.3. The van der Waals surface area contributed by atoms with Crippen LogP contribution in [-0.2, 0) is 6.54 Å². The van der Waals surface area contributed by atoms with Gasteiger partial charge in [0.15, 0.2) is 0 Å². The Hall–Kier alpha value is -0.790. The number of aryl methyl sites for hydroxylation is 2. The van der Waals surface area contributed by atoms with Gasteiger partial charge < -0.3 is 0 Å². The van der Waals surface area contributed by atoms with Gasteiger partial charge in [0, 0.05) is 18.2 Å². The Bertz CT molecular complexity index is 284. The van der Waals surface area contributed by atoms with E-state index in [1.54, 1.807) is 0 Å². The molecule has 1 aliphatic carbocycles. The number of unbranched alkanes of at least 4 members (excludes halogenated alkanes) is 1. The molecule has 13 heavy (non-hydrogen) atoms. The Kier molecular flexibility index (Phi) is 2.38. The molecule has 2 nitrogen and oxygen atoms in total. The largest absolute Gasteiger partial charge is 0.269 e. The molecule has 72 valence electrons. The summed E-state index contributed by atoms with van der Waals surface area (Å²) in [6.45, 7) is 5.52. The summed E-state index contributed by atoms with van der Waals surface area (Å²) in [5.74, 6) is 0.833. The molecule has 2 heteroatoms. The maximum Gasteiger partial charge on any atom is 0.0521 e. The predicted octanol–water partition coefficient (Wildman–Crippen LogP) is 2.87. The van der Waals surface area contributed by atoms with Crippen LogP contribution in [0.15, 0.2) is 6.20 Å². The first kappa shape index (κ1) is 8.79. The van der Waals surface area contributed by atoms with Crippen LogP contribution in [0.4, 0.5) is 0 Å². The standard InChI is InChI=1S/C11H18N2/c1-3-4-7-13-11(10-5-6-10)9(2)8-12-13/h8,10H,3-7H2,1-2H3. The van der Waals surface area contributed by atoms with Crippen molar-refractivity contribution in [1.82, 2.24) is 9.78 Å². The first-order valence-electron chi connectivity index (χ1n) is 5.35. The van der Waals surface area contributed by atoms with E-state index in [1.807, 2.05) is 6.20 Å². The van der Waals surface area contributed by atoms with Gasteiger partial charge in [0.2, 0.25) is 0 Å². The highest BCUT2D eigenvalue weighted by molar-refractivity contribution is 5.23. The van der Waals surface area contributed by atoms with Crippen LogP contribution >= 0.6 is 0 Å². The second-order valence-corrected chi connectivity index (χ2v) is 4.06. The summed E-state index contributed by atoms with van der Waals surface area (Å²) in [5.41, 5.74) is 2.90. The van der Waals surface area contributed by atoms with Crippen LogP contribution in [0.1, 0.15) is 49.8 Å². The molecule has 0 unspecified atom stereocenters. The van der Waals surface area contributed by atoms with E-state index in [2.05, 4.69) is 23.6 Å². The number of nitrogens with zero attached hydrogens (tertiary/aromatic N) is 2. The number of hydrogen-bond donors (Lipinski definition) is 0. The molecule has 2 rings (SSSR count). The fourth-order valence-corrected chi connectivity index (χ4v) is 1.86. The topological polar surface area (TPSA) is 17.8 Å². The van der Waals surface area contributed by atoms with Gasteiger partial charge in [-0.1, -0.05) is 13.3 Å². The molecule has 1 fully saturated rings. The van der Waals surface area contributed by atoms with Gasteiger partial charge in [0.05, 0.1) is 6.20 Å². The summed E-state index contributed by atoms with van der Waals surface area (Å²) in [5, 5.41) is 4.43. The lowest BCUT2D eigenvalue weighted by Crippen LogP contribution is -2.04. The molecule has 1 aromatic heterocycles. The number of rotatable bonds is 4. The molecule has 1 saturated carbocycles. The summed E-state index contributed by atoms with van der Waals surface area (Å²) in [7, 11) is 0. The van der Waals surface area contributed by atoms with Crippen LogP contribution < -0.4 is 0 Å². The minimum Gasteiger partial charge on any atom is -0.269 e. The average Bonchev–Trinajstić information content (AvgIpc) is 2.88. The molecule has 0 radical (unpaired) electrons. The smallest absolute Gasteiger partial charge is 0.0521 e. The average molecular weight is 178 g/mol. The van der Waals surface area contributed by atoms with Crippen molar-refractivity contribution in [2.24, 2.45) is 0 Å². The van der Waals surface area contributed by atoms with Crippen molar-refractivity contribution in [3.63, 3.8) is 0 Å². The second kappa shape index (κ2) is 3.52. The van der Waals surface area contributed by atoms with Gasteiger partial charge in [-0.3, -0.25) is 4.68 Å². The van der Waals surface area contributed by atoms with Gasteiger partial charge in [-0.05, 0) is 31.7 Å². The highest BCUT2D eigenvalue weighted by Gasteiger charge is 2.28. The van der Waals surface area contributed by atoms with Crippen LogP contribution in [0.25, 0.3) is 0 Å².